The molecule has 13 heteroatoms. The van der Waals surface area contributed by atoms with Gasteiger partial charge in [-0.2, -0.15) is 4.98 Å². The lowest BCUT2D eigenvalue weighted by Crippen LogP contribution is -2.24. The number of hydrogen-bond acceptors (Lipinski definition) is 7. The first kappa shape index (κ1) is 15.9. The number of nitrogen functional groups attached to an aromatic ring is 1. The van der Waals surface area contributed by atoms with Gasteiger partial charge in [-0.3, -0.25) is 19.3 Å². The van der Waals surface area contributed by atoms with Crippen molar-refractivity contribution in [2.75, 3.05) is 12.3 Å². The number of anilines is 1. The number of aromatic nitrogens is 4. The van der Waals surface area contributed by atoms with E-state index in [0.29, 0.717) is 12.8 Å². The molecule has 1 aliphatic heterocycles. The van der Waals surface area contributed by atoms with Crippen molar-refractivity contribution in [2.45, 2.75) is 25.2 Å². The number of ether oxygens (including phenoxy) is 1. The van der Waals surface area contributed by atoms with Gasteiger partial charge in [-0.1, -0.05) is 0 Å². The maximum absolute atomic E-state index is 12.1. The van der Waals surface area contributed by atoms with Crippen LogP contribution in [-0.2, 0) is 13.8 Å². The van der Waals surface area contributed by atoms with Crippen LogP contribution in [0.1, 0.15) is 19.1 Å². The molecule has 1 aliphatic rings. The van der Waals surface area contributed by atoms with Gasteiger partial charge in [0, 0.05) is 0 Å². The average Bonchev–Trinajstić information content (AvgIpc) is 2.99. The maximum atomic E-state index is 12.1. The van der Waals surface area contributed by atoms with Crippen molar-refractivity contribution >= 4 is 24.9 Å². The van der Waals surface area contributed by atoms with E-state index < -0.39 is 31.4 Å². The minimum Gasteiger partial charge on any atom is -0.369 e. The molecule has 2 atom stereocenters. The van der Waals surface area contributed by atoms with Crippen LogP contribution in [0.2, 0.25) is 0 Å². The van der Waals surface area contributed by atoms with Gasteiger partial charge in [0.1, 0.15) is 6.23 Å². The number of rotatable bonds is 4. The first-order valence-electron chi connectivity index (χ1n) is 6.60. The van der Waals surface area contributed by atoms with Gasteiger partial charge in [0.25, 0.3) is 5.56 Å². The normalized spacial score (nSPS) is 22.0. The van der Waals surface area contributed by atoms with Gasteiger partial charge in [-0.05, 0) is 12.8 Å². The van der Waals surface area contributed by atoms with Crippen LogP contribution in [0.25, 0.3) is 11.2 Å². The molecule has 12 nitrogen and oxygen atoms in total. The van der Waals surface area contributed by atoms with E-state index in [2.05, 4.69) is 19.5 Å². The molecule has 1 fully saturated rings. The molecule has 0 unspecified atom stereocenters. The quantitative estimate of drug-likeness (QED) is 0.423. The number of fused-ring (bicyclic) bond motifs is 1. The van der Waals surface area contributed by atoms with Crippen molar-refractivity contribution < 1.29 is 23.6 Å². The number of phosphoric ester groups is 1. The van der Waals surface area contributed by atoms with Crippen LogP contribution in [0, 0.1) is 0 Å². The molecule has 0 aromatic carbocycles. The molecular weight excluding hydrogens is 333 g/mol. The van der Waals surface area contributed by atoms with Crippen molar-refractivity contribution in [3.05, 3.63) is 20.8 Å². The largest absolute Gasteiger partial charge is 0.469 e. The lowest BCUT2D eigenvalue weighted by atomic mass is 10.2. The van der Waals surface area contributed by atoms with E-state index in [4.69, 9.17) is 20.3 Å². The zero-order valence-corrected chi connectivity index (χ0v) is 12.5. The first-order valence-corrected chi connectivity index (χ1v) is 8.13. The van der Waals surface area contributed by atoms with E-state index in [0.717, 1.165) is 4.57 Å². The molecule has 0 amide bonds. The highest BCUT2D eigenvalue weighted by Crippen LogP contribution is 2.38. The summed E-state index contributed by atoms with van der Waals surface area (Å²) in [6.45, 7) is -0.311. The summed E-state index contributed by atoms with van der Waals surface area (Å²) in [5.74, 6) is -0.144. The second kappa shape index (κ2) is 5.58. The van der Waals surface area contributed by atoms with Crippen LogP contribution in [-0.4, -0.2) is 42.0 Å². The van der Waals surface area contributed by atoms with Crippen molar-refractivity contribution in [2.24, 2.45) is 0 Å². The average molecular weight is 347 g/mol. The van der Waals surface area contributed by atoms with E-state index in [9.17, 15) is 14.2 Å². The minimum atomic E-state index is -4.59. The Morgan fingerprint density at radius 2 is 2.13 bits per heavy atom. The molecule has 3 heterocycles. The number of nitrogens with one attached hydrogen (secondary N) is 2. The Morgan fingerprint density at radius 3 is 2.83 bits per heavy atom. The van der Waals surface area contributed by atoms with Gasteiger partial charge < -0.3 is 20.3 Å². The topological polar surface area (TPSA) is 186 Å². The maximum Gasteiger partial charge on any atom is 0.469 e. The summed E-state index contributed by atoms with van der Waals surface area (Å²) in [5.41, 5.74) is 4.34. The highest BCUT2D eigenvalue weighted by Gasteiger charge is 2.31. The highest BCUT2D eigenvalue weighted by molar-refractivity contribution is 7.46. The number of H-pyrrole nitrogens is 2. The van der Waals surface area contributed by atoms with E-state index in [1.165, 1.54) is 0 Å². The molecule has 0 saturated carbocycles. The summed E-state index contributed by atoms with van der Waals surface area (Å²) in [6, 6.07) is 0. The summed E-state index contributed by atoms with van der Waals surface area (Å²) in [6.07, 6.45) is -0.530. The van der Waals surface area contributed by atoms with Gasteiger partial charge in [0.15, 0.2) is 11.2 Å². The predicted octanol–water partition coefficient (Wildman–Crippen LogP) is -1.22. The third-order valence-corrected chi connectivity index (χ3v) is 3.88. The molecule has 0 bridgehead atoms. The van der Waals surface area contributed by atoms with Gasteiger partial charge in [-0.25, -0.2) is 13.9 Å². The lowest BCUT2D eigenvalue weighted by molar-refractivity contribution is -0.0218. The standard InChI is InChI=1S/C10H14N5O7P/c11-9-13-7-6(8(16)14-9)12-10(17)15(7)5-2-1-4(22-5)3-21-23(18,19)20/h4-5H,1-3H2,(H,12,17)(H2,18,19,20)(H3,11,13,14,16)/t4-,5+/m0/s1. The number of hydrogen-bond donors (Lipinski definition) is 5. The van der Waals surface area contributed by atoms with E-state index in [1.807, 2.05) is 0 Å². The first-order chi connectivity index (χ1) is 10.7. The molecule has 126 valence electrons. The van der Waals surface area contributed by atoms with Crippen LogP contribution in [0.4, 0.5) is 5.95 Å². The van der Waals surface area contributed by atoms with Crippen molar-refractivity contribution in [1.29, 1.82) is 0 Å². The zero-order chi connectivity index (χ0) is 16.8. The minimum absolute atomic E-state index is 0.0253. The van der Waals surface area contributed by atoms with Gasteiger partial charge >= 0.3 is 13.5 Å². The smallest absolute Gasteiger partial charge is 0.369 e. The number of imidazole rings is 1. The number of nitrogens with two attached hydrogens (primary N) is 1. The molecule has 0 aliphatic carbocycles. The van der Waals surface area contributed by atoms with Crippen LogP contribution in [0.15, 0.2) is 9.59 Å². The summed E-state index contributed by atoms with van der Waals surface area (Å²) in [4.78, 5) is 49.8. The third-order valence-electron chi connectivity index (χ3n) is 3.40. The van der Waals surface area contributed by atoms with Crippen molar-refractivity contribution in [3.8, 4) is 0 Å². The van der Waals surface area contributed by atoms with E-state index in [-0.39, 0.29) is 23.7 Å². The van der Waals surface area contributed by atoms with Crippen LogP contribution in [0.5, 0.6) is 0 Å². The van der Waals surface area contributed by atoms with Gasteiger partial charge in [0.2, 0.25) is 5.95 Å². The Labute approximate surface area is 127 Å². The van der Waals surface area contributed by atoms with E-state index in [1.54, 1.807) is 0 Å². The summed E-state index contributed by atoms with van der Waals surface area (Å²) >= 11 is 0. The predicted molar refractivity (Wildman–Crippen MR) is 76.5 cm³/mol. The van der Waals surface area contributed by atoms with Crippen molar-refractivity contribution in [1.82, 2.24) is 19.5 Å². The Kier molecular flexibility index (Phi) is 3.86. The Morgan fingerprint density at radius 1 is 1.39 bits per heavy atom. The zero-order valence-electron chi connectivity index (χ0n) is 11.6. The van der Waals surface area contributed by atoms with Gasteiger partial charge in [0.05, 0.1) is 12.7 Å². The van der Waals surface area contributed by atoms with Crippen LogP contribution in [0.3, 0.4) is 0 Å². The fraction of sp³-hybridized carbons (Fsp3) is 0.500. The third kappa shape index (κ3) is 3.21. The van der Waals surface area contributed by atoms with Gasteiger partial charge in [-0.15, -0.1) is 0 Å². The molecule has 1 saturated heterocycles. The highest BCUT2D eigenvalue weighted by atomic mass is 31.2. The summed E-state index contributed by atoms with van der Waals surface area (Å²) in [7, 11) is -4.59. The fourth-order valence-corrected chi connectivity index (χ4v) is 2.84. The summed E-state index contributed by atoms with van der Waals surface area (Å²) < 4.78 is 21.8. The fourth-order valence-electron chi connectivity index (χ4n) is 2.48. The molecular formula is C10H14N5O7P. The number of nitrogens with zero attached hydrogens (tertiary/aromatic N) is 2. The molecule has 2 aromatic heterocycles. The van der Waals surface area contributed by atoms with E-state index >= 15 is 0 Å². The molecule has 23 heavy (non-hydrogen) atoms. The molecule has 6 N–H and O–H groups in total. The molecule has 0 spiro atoms. The monoisotopic (exact) mass is 347 g/mol. The molecule has 0 radical (unpaired) electrons. The van der Waals surface area contributed by atoms with Crippen LogP contribution >= 0.6 is 7.82 Å². The molecule has 3 rings (SSSR count). The Balaban J connectivity index is 1.87. The Hall–Kier alpha value is -1.98. The summed E-state index contributed by atoms with van der Waals surface area (Å²) in [5, 5.41) is 0. The molecule has 2 aromatic rings. The second-order valence-electron chi connectivity index (χ2n) is 5.03. The Bertz CT molecular complexity index is 895. The SMILES string of the molecule is Nc1nc2c([nH]c(=O)n2[C@H]2CC[C@@H](COP(=O)(O)O)O2)c(=O)[nH]1. The lowest BCUT2D eigenvalue weighted by Gasteiger charge is -2.15. The van der Waals surface area contributed by atoms with Crippen LogP contribution < -0.4 is 17.0 Å². The van der Waals surface area contributed by atoms with Crippen molar-refractivity contribution in [3.63, 3.8) is 0 Å². The number of phosphoric acid groups is 1. The second-order valence-corrected chi connectivity index (χ2v) is 6.27. The number of aromatic amines is 2.